The van der Waals surface area contributed by atoms with Crippen molar-refractivity contribution in [1.29, 1.82) is 0 Å². The predicted molar refractivity (Wildman–Crippen MR) is 93.2 cm³/mol. The van der Waals surface area contributed by atoms with Crippen LogP contribution in [-0.4, -0.2) is 93.1 Å². The summed E-state index contributed by atoms with van der Waals surface area (Å²) >= 11 is 0. The highest BCUT2D eigenvalue weighted by Gasteiger charge is 2.48. The Hall–Kier alpha value is 0.0700. The summed E-state index contributed by atoms with van der Waals surface area (Å²) < 4.78 is 29.8. The number of hydrogen-bond acceptors (Lipinski definition) is 9. The van der Waals surface area contributed by atoms with Gasteiger partial charge in [0.25, 0.3) is 0 Å². The number of aliphatic hydroxyl groups excluding tert-OH is 1. The molecule has 0 aromatic rings. The van der Waals surface area contributed by atoms with Gasteiger partial charge in [-0.05, 0) is 6.92 Å². The van der Waals surface area contributed by atoms with E-state index >= 15 is 0 Å². The molecule has 2 fully saturated rings. The number of aliphatic hydroxyl groups is 3. The second kappa shape index (κ2) is 11.0. The van der Waals surface area contributed by atoms with Crippen molar-refractivity contribution in [1.82, 2.24) is 0 Å². The lowest BCUT2D eigenvalue weighted by Gasteiger charge is -2.26. The van der Waals surface area contributed by atoms with Crippen molar-refractivity contribution in [2.45, 2.75) is 55.9 Å². The van der Waals surface area contributed by atoms with Gasteiger partial charge in [-0.1, -0.05) is 0 Å². The molecule has 0 aromatic heterocycles. The Balaban J connectivity index is 0.000000443. The van der Waals surface area contributed by atoms with E-state index in [0.29, 0.717) is 6.42 Å². The molecule has 2 heterocycles. The topological polar surface area (TPSA) is 116 Å². The largest absolute Gasteiger partial charge is 0.379 e. The van der Waals surface area contributed by atoms with Gasteiger partial charge in [0.05, 0.1) is 6.10 Å². The number of methoxy groups -OCH3 is 4. The quantitative estimate of drug-likeness (QED) is 0.507. The van der Waals surface area contributed by atoms with Crippen LogP contribution < -0.4 is 0 Å². The fourth-order valence-corrected chi connectivity index (χ4v) is 2.91. The predicted octanol–water partition coefficient (Wildman–Crippen LogP) is -0.722. The number of hydrogen-bond donors (Lipinski definition) is 3. The van der Waals surface area contributed by atoms with Crippen molar-refractivity contribution >= 4 is 9.90 Å². The van der Waals surface area contributed by atoms with Crippen LogP contribution in [0.4, 0.5) is 0 Å². The van der Waals surface area contributed by atoms with Crippen molar-refractivity contribution in [3.8, 4) is 0 Å². The zero-order chi connectivity index (χ0) is 18.4. The summed E-state index contributed by atoms with van der Waals surface area (Å²) in [4.78, 5) is 0. The third kappa shape index (κ3) is 6.62. The summed E-state index contributed by atoms with van der Waals surface area (Å²) in [6.45, 7) is 2.04. The standard InChI is InChI=1S/C8H16O4.C7H14O5.H3P/c1-6-4-7(11-3)8(9,12-6)5-10-2;1-10-4-7(9)5(11-2)3-6(8)12-7;/h6-7,9H,4-5H2,1-3H3;5-6,8-9H,3-4H2,1-2H3;1H3/t6?,7-,8-;5-,6?,7-;/m11./s1. The van der Waals surface area contributed by atoms with Gasteiger partial charge < -0.3 is 43.7 Å². The summed E-state index contributed by atoms with van der Waals surface area (Å²) in [6, 6.07) is 0. The number of rotatable bonds is 6. The normalized spacial score (nSPS) is 40.3. The van der Waals surface area contributed by atoms with Crippen molar-refractivity contribution in [3.63, 3.8) is 0 Å². The van der Waals surface area contributed by atoms with Crippen LogP contribution in [0.1, 0.15) is 19.8 Å². The third-order valence-electron chi connectivity index (χ3n) is 3.98. The van der Waals surface area contributed by atoms with Crippen molar-refractivity contribution in [2.24, 2.45) is 0 Å². The molecule has 3 N–H and O–H groups in total. The fraction of sp³-hybridized carbons (Fsp3) is 1.00. The molecule has 2 aliphatic rings. The second-order valence-electron chi connectivity index (χ2n) is 5.98. The van der Waals surface area contributed by atoms with Gasteiger partial charge in [-0.3, -0.25) is 0 Å². The molecule has 25 heavy (non-hydrogen) atoms. The van der Waals surface area contributed by atoms with E-state index in [1.165, 1.54) is 21.3 Å². The second-order valence-corrected chi connectivity index (χ2v) is 5.98. The summed E-state index contributed by atoms with van der Waals surface area (Å²) in [7, 11) is 5.98. The molecule has 0 radical (unpaired) electrons. The van der Waals surface area contributed by atoms with E-state index < -0.39 is 24.0 Å². The fourth-order valence-electron chi connectivity index (χ4n) is 2.91. The Labute approximate surface area is 152 Å². The lowest BCUT2D eigenvalue weighted by molar-refractivity contribution is -0.277. The van der Waals surface area contributed by atoms with Gasteiger partial charge in [0.1, 0.15) is 25.4 Å². The van der Waals surface area contributed by atoms with Crippen molar-refractivity contribution in [3.05, 3.63) is 0 Å². The van der Waals surface area contributed by atoms with Gasteiger partial charge in [0.15, 0.2) is 6.29 Å². The van der Waals surface area contributed by atoms with Gasteiger partial charge in [-0.2, -0.15) is 9.90 Å². The summed E-state index contributed by atoms with van der Waals surface area (Å²) in [5.74, 6) is -2.77. The summed E-state index contributed by atoms with van der Waals surface area (Å²) in [5, 5.41) is 28.6. The number of ether oxygens (including phenoxy) is 6. The van der Waals surface area contributed by atoms with Crippen LogP contribution in [0.25, 0.3) is 0 Å². The molecule has 9 nitrogen and oxygen atoms in total. The van der Waals surface area contributed by atoms with Crippen LogP contribution in [0.3, 0.4) is 0 Å². The molecule has 0 aliphatic carbocycles. The molecular weight excluding hydrogens is 355 g/mol. The van der Waals surface area contributed by atoms with Gasteiger partial charge in [0, 0.05) is 41.3 Å². The smallest absolute Gasteiger partial charge is 0.219 e. The first kappa shape index (κ1) is 25.1. The molecule has 7 atom stereocenters. The Kier molecular flexibility index (Phi) is 11.1. The van der Waals surface area contributed by atoms with E-state index in [1.807, 2.05) is 6.92 Å². The lowest BCUT2D eigenvalue weighted by Crippen LogP contribution is -2.44. The van der Waals surface area contributed by atoms with E-state index in [-0.39, 0.29) is 41.7 Å². The van der Waals surface area contributed by atoms with E-state index in [4.69, 9.17) is 33.5 Å². The van der Waals surface area contributed by atoms with Gasteiger partial charge in [-0.25, -0.2) is 0 Å². The molecule has 152 valence electrons. The highest BCUT2D eigenvalue weighted by molar-refractivity contribution is 6.92. The highest BCUT2D eigenvalue weighted by atomic mass is 31.0. The Bertz CT molecular complexity index is 341. The van der Waals surface area contributed by atoms with Gasteiger partial charge in [0.2, 0.25) is 11.6 Å². The zero-order valence-corrected chi connectivity index (χ0v) is 17.1. The molecule has 0 saturated carbocycles. The SMILES string of the molecule is COC[C@@]1(O)OC(C)C[C@H]1OC.COC[C@@]1(O)OC(O)C[C@H]1OC.P. The summed E-state index contributed by atoms with van der Waals surface area (Å²) in [6.07, 6.45) is -0.808. The lowest BCUT2D eigenvalue weighted by atomic mass is 10.1. The Morgan fingerprint density at radius 1 is 0.880 bits per heavy atom. The maximum Gasteiger partial charge on any atom is 0.219 e. The van der Waals surface area contributed by atoms with Crippen molar-refractivity contribution < 1.29 is 43.7 Å². The molecule has 2 aliphatic heterocycles. The van der Waals surface area contributed by atoms with E-state index in [0.717, 1.165) is 0 Å². The Morgan fingerprint density at radius 2 is 1.32 bits per heavy atom. The van der Waals surface area contributed by atoms with Crippen LogP contribution in [0, 0.1) is 0 Å². The first-order chi connectivity index (χ1) is 11.2. The van der Waals surface area contributed by atoms with Crippen LogP contribution in [0.5, 0.6) is 0 Å². The highest BCUT2D eigenvalue weighted by Crippen LogP contribution is 2.31. The van der Waals surface area contributed by atoms with Crippen LogP contribution in [0.15, 0.2) is 0 Å². The molecular formula is C15H33O9P. The van der Waals surface area contributed by atoms with E-state index in [1.54, 1.807) is 7.11 Å². The van der Waals surface area contributed by atoms with Gasteiger partial charge in [-0.15, -0.1) is 0 Å². The zero-order valence-electron chi connectivity index (χ0n) is 15.6. The van der Waals surface area contributed by atoms with E-state index in [2.05, 4.69) is 0 Å². The molecule has 3 unspecified atom stereocenters. The maximum atomic E-state index is 9.85. The van der Waals surface area contributed by atoms with Gasteiger partial charge >= 0.3 is 0 Å². The minimum absolute atomic E-state index is 0. The minimum Gasteiger partial charge on any atom is -0.379 e. The average molecular weight is 388 g/mol. The van der Waals surface area contributed by atoms with Crippen LogP contribution in [0.2, 0.25) is 0 Å². The molecule has 0 aromatic carbocycles. The van der Waals surface area contributed by atoms with Crippen LogP contribution in [-0.2, 0) is 28.4 Å². The first-order valence-corrected chi connectivity index (χ1v) is 7.76. The molecule has 2 saturated heterocycles. The van der Waals surface area contributed by atoms with E-state index in [9.17, 15) is 10.2 Å². The minimum atomic E-state index is -1.51. The maximum absolute atomic E-state index is 9.85. The molecule has 10 heteroatoms. The molecule has 0 amide bonds. The van der Waals surface area contributed by atoms with Crippen molar-refractivity contribution in [2.75, 3.05) is 41.7 Å². The summed E-state index contributed by atoms with van der Waals surface area (Å²) in [5.41, 5.74) is 0. The molecule has 0 bridgehead atoms. The third-order valence-corrected chi connectivity index (χ3v) is 3.98. The molecule has 0 spiro atoms. The molecule has 2 rings (SSSR count). The van der Waals surface area contributed by atoms with Crippen LogP contribution >= 0.6 is 9.90 Å². The average Bonchev–Trinajstić information content (AvgIpc) is 2.95. The Morgan fingerprint density at radius 3 is 1.76 bits per heavy atom. The first-order valence-electron chi connectivity index (χ1n) is 7.76. The monoisotopic (exact) mass is 388 g/mol.